The van der Waals surface area contributed by atoms with Gasteiger partial charge in [0, 0.05) is 15.6 Å². The first kappa shape index (κ1) is 24.2. The summed E-state index contributed by atoms with van der Waals surface area (Å²) in [5.74, 6) is -1.62. The molecule has 0 bridgehead atoms. The van der Waals surface area contributed by atoms with Crippen LogP contribution in [0.2, 0.25) is 10.0 Å². The first-order chi connectivity index (χ1) is 16.1. The van der Waals surface area contributed by atoms with Crippen LogP contribution in [0.3, 0.4) is 0 Å². The summed E-state index contributed by atoms with van der Waals surface area (Å²) in [6, 6.07) is 16.3. The van der Waals surface area contributed by atoms with Gasteiger partial charge in [0.05, 0.1) is 16.3 Å². The highest BCUT2D eigenvalue weighted by atomic mass is 35.5. The van der Waals surface area contributed by atoms with E-state index in [1.54, 1.807) is 48.5 Å². The molecule has 1 aliphatic heterocycles. The fourth-order valence-corrected chi connectivity index (χ4v) is 4.55. The van der Waals surface area contributed by atoms with Crippen molar-refractivity contribution in [2.75, 3.05) is 10.2 Å². The molecular weight excluding hydrogens is 508 g/mol. The third-order valence-electron chi connectivity index (χ3n) is 4.96. The maximum absolute atomic E-state index is 13.4. The number of nitrogens with one attached hydrogen (secondary N) is 1. The van der Waals surface area contributed by atoms with Gasteiger partial charge in [0.25, 0.3) is 11.8 Å². The molecule has 34 heavy (non-hydrogen) atoms. The molecule has 0 saturated heterocycles. The molecule has 1 aliphatic rings. The average Bonchev–Trinajstić information content (AvgIpc) is 3.00. The number of amides is 2. The lowest BCUT2D eigenvalue weighted by Gasteiger charge is -2.18. The van der Waals surface area contributed by atoms with Gasteiger partial charge in [-0.2, -0.15) is 13.2 Å². The Morgan fingerprint density at radius 1 is 0.882 bits per heavy atom. The molecule has 10 heteroatoms. The number of anilines is 2. The van der Waals surface area contributed by atoms with Crippen molar-refractivity contribution >= 4 is 58.2 Å². The maximum atomic E-state index is 13.4. The van der Waals surface area contributed by atoms with Crippen LogP contribution >= 0.6 is 35.0 Å². The zero-order valence-electron chi connectivity index (χ0n) is 17.4. The molecule has 0 unspecified atom stereocenters. The molecule has 1 heterocycles. The van der Waals surface area contributed by atoms with Gasteiger partial charge in [-0.05, 0) is 55.0 Å². The van der Waals surface area contributed by atoms with E-state index >= 15 is 0 Å². The molecule has 0 spiro atoms. The van der Waals surface area contributed by atoms with Gasteiger partial charge in [-0.1, -0.05) is 59.2 Å². The molecular formula is C24H15Cl2F3N2O2S. The largest absolute Gasteiger partial charge is 0.416 e. The summed E-state index contributed by atoms with van der Waals surface area (Å²) in [6.45, 7) is 1.81. The average molecular weight is 523 g/mol. The Balaban J connectivity index is 1.79. The van der Waals surface area contributed by atoms with E-state index in [9.17, 15) is 22.8 Å². The topological polar surface area (TPSA) is 49.4 Å². The normalized spacial score (nSPS) is 14.2. The number of carbonyl (C=O) groups excluding carboxylic acids is 2. The molecule has 0 aromatic heterocycles. The lowest BCUT2D eigenvalue weighted by Crippen LogP contribution is -2.33. The number of nitrogens with zero attached hydrogens (tertiary/aromatic N) is 1. The van der Waals surface area contributed by atoms with E-state index in [0.29, 0.717) is 26.6 Å². The minimum atomic E-state index is -4.68. The third-order valence-corrected chi connectivity index (χ3v) is 6.78. The third kappa shape index (κ3) is 4.80. The number of rotatable bonds is 5. The predicted molar refractivity (Wildman–Crippen MR) is 128 cm³/mol. The molecule has 4 rings (SSSR count). The fourth-order valence-electron chi connectivity index (χ4n) is 3.22. The second-order valence-corrected chi connectivity index (χ2v) is 9.22. The van der Waals surface area contributed by atoms with Gasteiger partial charge in [-0.25, -0.2) is 4.90 Å². The van der Waals surface area contributed by atoms with Crippen LogP contribution in [0.15, 0.2) is 82.2 Å². The minimum absolute atomic E-state index is 0.0152. The molecule has 2 amide bonds. The number of benzene rings is 3. The zero-order chi connectivity index (χ0) is 24.6. The van der Waals surface area contributed by atoms with Gasteiger partial charge in [0.2, 0.25) is 0 Å². The number of thioether (sulfide) groups is 1. The van der Waals surface area contributed by atoms with Crippen molar-refractivity contribution in [3.63, 3.8) is 0 Å². The summed E-state index contributed by atoms with van der Waals surface area (Å²) in [6.07, 6.45) is -4.68. The van der Waals surface area contributed by atoms with Crippen LogP contribution in [0.1, 0.15) is 11.1 Å². The molecule has 4 nitrogen and oxygen atoms in total. The highest BCUT2D eigenvalue weighted by Gasteiger charge is 2.42. The molecule has 0 radical (unpaired) electrons. The van der Waals surface area contributed by atoms with Gasteiger partial charge in [-0.15, -0.1) is 0 Å². The Kier molecular flexibility index (Phi) is 6.66. The van der Waals surface area contributed by atoms with Crippen molar-refractivity contribution in [3.05, 3.63) is 98.5 Å². The second-order valence-electron chi connectivity index (χ2n) is 7.32. The molecule has 0 saturated carbocycles. The van der Waals surface area contributed by atoms with E-state index in [4.69, 9.17) is 23.2 Å². The van der Waals surface area contributed by atoms with Crippen LogP contribution in [0.4, 0.5) is 24.5 Å². The fraction of sp³-hybridized carbons (Fsp3) is 0.0833. The Hall–Kier alpha value is -2.94. The van der Waals surface area contributed by atoms with Crippen LogP contribution in [0.25, 0.3) is 0 Å². The molecule has 1 N–H and O–H groups in total. The maximum Gasteiger partial charge on any atom is 0.416 e. The summed E-state index contributed by atoms with van der Waals surface area (Å²) in [5.41, 5.74) is -0.221. The first-order valence-electron chi connectivity index (χ1n) is 9.82. The van der Waals surface area contributed by atoms with E-state index in [1.165, 1.54) is 0 Å². The molecule has 0 atom stereocenters. The van der Waals surface area contributed by atoms with E-state index < -0.39 is 23.6 Å². The standard InChI is InChI=1S/C24H15Cl2F3N2O2S/c1-13-7-9-15(12-18(13)26)30-20-21(34-16-5-3-2-4-6-16)23(33)31(22(20)32)19-11-14(24(27,28)29)8-10-17(19)25/h2-12,30H,1H3. The van der Waals surface area contributed by atoms with Crippen LogP contribution in [-0.2, 0) is 15.8 Å². The zero-order valence-corrected chi connectivity index (χ0v) is 19.7. The van der Waals surface area contributed by atoms with Gasteiger partial charge in [-0.3, -0.25) is 9.59 Å². The lowest BCUT2D eigenvalue weighted by atomic mass is 10.2. The van der Waals surface area contributed by atoms with Crippen LogP contribution < -0.4 is 10.2 Å². The summed E-state index contributed by atoms with van der Waals surface area (Å²) < 4.78 is 39.9. The molecule has 174 valence electrons. The van der Waals surface area contributed by atoms with E-state index in [1.807, 2.05) is 6.92 Å². The van der Waals surface area contributed by atoms with Crippen molar-refractivity contribution < 1.29 is 22.8 Å². The highest BCUT2D eigenvalue weighted by Crippen LogP contribution is 2.42. The summed E-state index contributed by atoms with van der Waals surface area (Å²) in [5, 5.41) is 3.19. The van der Waals surface area contributed by atoms with Crippen molar-refractivity contribution in [2.45, 2.75) is 18.0 Å². The number of halogens is 5. The number of aryl methyl sites for hydroxylation is 1. The quantitative estimate of drug-likeness (QED) is 0.357. The van der Waals surface area contributed by atoms with Crippen molar-refractivity contribution in [1.82, 2.24) is 0 Å². The molecule has 3 aromatic carbocycles. The van der Waals surface area contributed by atoms with E-state index in [2.05, 4.69) is 5.32 Å². The minimum Gasteiger partial charge on any atom is -0.350 e. The number of imide groups is 1. The van der Waals surface area contributed by atoms with E-state index in [-0.39, 0.29) is 21.3 Å². The van der Waals surface area contributed by atoms with Gasteiger partial charge < -0.3 is 5.32 Å². The number of hydrogen-bond acceptors (Lipinski definition) is 4. The van der Waals surface area contributed by atoms with Gasteiger partial charge in [0.1, 0.15) is 10.6 Å². The van der Waals surface area contributed by atoms with Crippen molar-refractivity contribution in [2.24, 2.45) is 0 Å². The van der Waals surface area contributed by atoms with Crippen molar-refractivity contribution in [1.29, 1.82) is 0 Å². The number of hydrogen-bond donors (Lipinski definition) is 1. The van der Waals surface area contributed by atoms with Gasteiger partial charge in [0.15, 0.2) is 0 Å². The van der Waals surface area contributed by atoms with Crippen LogP contribution in [-0.4, -0.2) is 11.8 Å². The first-order valence-corrected chi connectivity index (χ1v) is 11.4. The summed E-state index contributed by atoms with van der Waals surface area (Å²) in [4.78, 5) is 28.1. The predicted octanol–water partition coefficient (Wildman–Crippen LogP) is 7.31. The Morgan fingerprint density at radius 2 is 1.59 bits per heavy atom. The molecule has 0 aliphatic carbocycles. The summed E-state index contributed by atoms with van der Waals surface area (Å²) >= 11 is 13.3. The number of alkyl halides is 3. The van der Waals surface area contributed by atoms with Gasteiger partial charge >= 0.3 is 6.18 Å². The number of carbonyl (C=O) groups is 2. The summed E-state index contributed by atoms with van der Waals surface area (Å²) in [7, 11) is 0. The molecule has 3 aromatic rings. The SMILES string of the molecule is Cc1ccc(NC2=C(Sc3ccccc3)C(=O)N(c3cc(C(F)(F)F)ccc3Cl)C2=O)cc1Cl. The van der Waals surface area contributed by atoms with Crippen LogP contribution in [0.5, 0.6) is 0 Å². The van der Waals surface area contributed by atoms with Crippen molar-refractivity contribution in [3.8, 4) is 0 Å². The van der Waals surface area contributed by atoms with Crippen LogP contribution in [0, 0.1) is 6.92 Å². The molecule has 0 fully saturated rings. The highest BCUT2D eigenvalue weighted by molar-refractivity contribution is 8.04. The second kappa shape index (κ2) is 9.37. The van der Waals surface area contributed by atoms with E-state index in [0.717, 1.165) is 29.5 Å². The Bertz CT molecular complexity index is 1330. The monoisotopic (exact) mass is 522 g/mol. The Labute approximate surface area is 207 Å². The Morgan fingerprint density at radius 3 is 2.24 bits per heavy atom. The lowest BCUT2D eigenvalue weighted by molar-refractivity contribution is -0.137. The smallest absolute Gasteiger partial charge is 0.350 e.